The number of nitrogens with two attached hydrogens (primary N) is 1. The molecule has 0 aromatic heterocycles. The van der Waals surface area contributed by atoms with Crippen LogP contribution in [0.3, 0.4) is 0 Å². The van der Waals surface area contributed by atoms with Crippen molar-refractivity contribution in [3.63, 3.8) is 0 Å². The van der Waals surface area contributed by atoms with Gasteiger partial charge < -0.3 is 10.5 Å². The smallest absolute Gasteiger partial charge is 0.310 e. The fraction of sp³-hybridized carbons (Fsp3) is 0.273. The Morgan fingerprint density at radius 2 is 2.31 bits per heavy atom. The van der Waals surface area contributed by atoms with E-state index in [1.54, 1.807) is 12.1 Å². The number of rotatable bonds is 3. The monoisotopic (exact) mass is 238 g/mol. The second kappa shape index (κ2) is 5.50. The van der Waals surface area contributed by atoms with Gasteiger partial charge in [0.05, 0.1) is 30.2 Å². The van der Waals surface area contributed by atoms with Crippen LogP contribution in [0.1, 0.15) is 16.7 Å². The zero-order chi connectivity index (χ0) is 12.1. The van der Waals surface area contributed by atoms with Gasteiger partial charge in [-0.1, -0.05) is 17.7 Å². The van der Waals surface area contributed by atoms with Crippen molar-refractivity contribution < 1.29 is 9.53 Å². The van der Waals surface area contributed by atoms with Crippen LogP contribution >= 0.6 is 11.6 Å². The summed E-state index contributed by atoms with van der Waals surface area (Å²) in [5.41, 5.74) is 7.12. The Kier molecular flexibility index (Phi) is 4.29. The molecule has 0 unspecified atom stereocenters. The molecule has 0 radical (unpaired) electrons. The van der Waals surface area contributed by atoms with E-state index in [1.807, 2.05) is 6.07 Å². The second-order valence-corrected chi connectivity index (χ2v) is 3.51. The topological polar surface area (TPSA) is 76.1 Å². The zero-order valence-electron chi connectivity index (χ0n) is 8.79. The molecule has 4 nitrogen and oxygen atoms in total. The van der Waals surface area contributed by atoms with Crippen LogP contribution in [0.15, 0.2) is 12.1 Å². The molecule has 0 fully saturated rings. The van der Waals surface area contributed by atoms with Crippen molar-refractivity contribution in [1.82, 2.24) is 0 Å². The third-order valence-corrected chi connectivity index (χ3v) is 2.68. The van der Waals surface area contributed by atoms with Gasteiger partial charge in [0.15, 0.2) is 0 Å². The summed E-state index contributed by atoms with van der Waals surface area (Å²) in [4.78, 5) is 11.1. The van der Waals surface area contributed by atoms with Crippen LogP contribution in [0.2, 0.25) is 5.02 Å². The number of hydrogen-bond acceptors (Lipinski definition) is 4. The minimum Gasteiger partial charge on any atom is -0.469 e. The molecular weight excluding hydrogens is 228 g/mol. The van der Waals surface area contributed by atoms with Crippen LogP contribution in [-0.4, -0.2) is 13.1 Å². The summed E-state index contributed by atoms with van der Waals surface area (Å²) < 4.78 is 4.55. The molecule has 5 heteroatoms. The number of benzene rings is 1. The first-order valence-corrected chi connectivity index (χ1v) is 4.99. The Morgan fingerprint density at radius 1 is 1.62 bits per heavy atom. The maximum atomic E-state index is 11.1. The highest BCUT2D eigenvalue weighted by atomic mass is 35.5. The maximum Gasteiger partial charge on any atom is 0.310 e. The van der Waals surface area contributed by atoms with E-state index >= 15 is 0 Å². The minimum absolute atomic E-state index is 0.0774. The van der Waals surface area contributed by atoms with E-state index in [2.05, 4.69) is 4.74 Å². The summed E-state index contributed by atoms with van der Waals surface area (Å²) in [6.45, 7) is 0.163. The number of ether oxygens (including phenoxy) is 1. The standard InChI is InChI=1S/C11H11ClN2O2/c1-16-10(15)4-7-2-3-8(5-13)9(6-14)11(7)12/h2-3H,4,6,14H2,1H3. The van der Waals surface area contributed by atoms with Crippen molar-refractivity contribution in [2.75, 3.05) is 7.11 Å². The molecule has 84 valence electrons. The molecule has 0 saturated carbocycles. The van der Waals surface area contributed by atoms with E-state index in [-0.39, 0.29) is 18.9 Å². The molecular formula is C11H11ClN2O2. The largest absolute Gasteiger partial charge is 0.469 e. The Labute approximate surface area is 98.6 Å². The average Bonchev–Trinajstić information content (AvgIpc) is 2.31. The van der Waals surface area contributed by atoms with Gasteiger partial charge in [-0.05, 0) is 11.6 Å². The molecule has 16 heavy (non-hydrogen) atoms. The van der Waals surface area contributed by atoms with Crippen molar-refractivity contribution in [3.8, 4) is 6.07 Å². The highest BCUT2D eigenvalue weighted by Gasteiger charge is 2.13. The third-order valence-electron chi connectivity index (χ3n) is 2.21. The maximum absolute atomic E-state index is 11.1. The van der Waals surface area contributed by atoms with E-state index in [9.17, 15) is 4.79 Å². The number of halogens is 1. The van der Waals surface area contributed by atoms with Crippen LogP contribution in [0.25, 0.3) is 0 Å². The lowest BCUT2D eigenvalue weighted by molar-refractivity contribution is -0.139. The first kappa shape index (κ1) is 12.5. The lowest BCUT2D eigenvalue weighted by Gasteiger charge is -2.08. The summed E-state index contributed by atoms with van der Waals surface area (Å²) >= 11 is 6.05. The van der Waals surface area contributed by atoms with E-state index < -0.39 is 0 Å². The van der Waals surface area contributed by atoms with Gasteiger partial charge in [-0.2, -0.15) is 5.26 Å². The summed E-state index contributed by atoms with van der Waals surface area (Å²) in [6.07, 6.45) is 0.0774. The summed E-state index contributed by atoms with van der Waals surface area (Å²) in [7, 11) is 1.31. The van der Waals surface area contributed by atoms with Gasteiger partial charge in [-0.25, -0.2) is 0 Å². The molecule has 0 heterocycles. The van der Waals surface area contributed by atoms with Crippen molar-refractivity contribution >= 4 is 17.6 Å². The normalized spacial score (nSPS) is 9.62. The predicted molar refractivity (Wildman–Crippen MR) is 59.8 cm³/mol. The molecule has 0 saturated heterocycles. The number of nitriles is 1. The lowest BCUT2D eigenvalue weighted by Crippen LogP contribution is -2.08. The Hall–Kier alpha value is -1.57. The van der Waals surface area contributed by atoms with Crippen molar-refractivity contribution in [2.45, 2.75) is 13.0 Å². The number of carbonyl (C=O) groups is 1. The van der Waals surface area contributed by atoms with Gasteiger partial charge in [-0.3, -0.25) is 4.79 Å². The first-order chi connectivity index (χ1) is 7.63. The fourth-order valence-corrected chi connectivity index (χ4v) is 1.65. The van der Waals surface area contributed by atoms with Crippen LogP contribution in [0.4, 0.5) is 0 Å². The van der Waals surface area contributed by atoms with Gasteiger partial charge in [-0.15, -0.1) is 0 Å². The van der Waals surface area contributed by atoms with Gasteiger partial charge in [0.25, 0.3) is 0 Å². The molecule has 0 aliphatic rings. The SMILES string of the molecule is COC(=O)Cc1ccc(C#N)c(CN)c1Cl. The second-order valence-electron chi connectivity index (χ2n) is 3.13. The number of nitrogens with zero attached hydrogens (tertiary/aromatic N) is 1. The minimum atomic E-state index is -0.380. The van der Waals surface area contributed by atoms with Gasteiger partial charge in [0, 0.05) is 12.1 Å². The molecule has 1 aromatic carbocycles. The van der Waals surface area contributed by atoms with Crippen LogP contribution in [-0.2, 0) is 22.5 Å². The summed E-state index contributed by atoms with van der Waals surface area (Å²) in [5, 5.41) is 9.20. The number of carbonyl (C=O) groups excluding carboxylic acids is 1. The Balaban J connectivity index is 3.15. The number of hydrogen-bond donors (Lipinski definition) is 1. The molecule has 2 N–H and O–H groups in total. The molecule has 1 rings (SSSR count). The number of esters is 1. The summed E-state index contributed by atoms with van der Waals surface area (Å²) in [5.74, 6) is -0.380. The van der Waals surface area contributed by atoms with Crippen LogP contribution in [0, 0.1) is 11.3 Å². The van der Waals surface area contributed by atoms with Gasteiger partial charge in [0.1, 0.15) is 0 Å². The van der Waals surface area contributed by atoms with E-state index in [1.165, 1.54) is 7.11 Å². The van der Waals surface area contributed by atoms with E-state index in [4.69, 9.17) is 22.6 Å². The van der Waals surface area contributed by atoms with Crippen molar-refractivity contribution in [1.29, 1.82) is 5.26 Å². The summed E-state index contributed by atoms with van der Waals surface area (Å²) in [6, 6.07) is 5.24. The quantitative estimate of drug-likeness (QED) is 0.808. The van der Waals surface area contributed by atoms with Crippen LogP contribution < -0.4 is 5.73 Å². The molecule has 0 atom stereocenters. The molecule has 0 amide bonds. The molecule has 0 aliphatic carbocycles. The first-order valence-electron chi connectivity index (χ1n) is 4.61. The molecule has 0 aliphatic heterocycles. The Morgan fingerprint density at radius 3 is 2.81 bits per heavy atom. The zero-order valence-corrected chi connectivity index (χ0v) is 9.54. The highest BCUT2D eigenvalue weighted by molar-refractivity contribution is 6.32. The molecule has 1 aromatic rings. The molecule has 0 spiro atoms. The average molecular weight is 239 g/mol. The third kappa shape index (κ3) is 2.51. The highest BCUT2D eigenvalue weighted by Crippen LogP contribution is 2.24. The van der Waals surface area contributed by atoms with Gasteiger partial charge >= 0.3 is 5.97 Å². The van der Waals surface area contributed by atoms with Crippen molar-refractivity contribution in [2.24, 2.45) is 5.73 Å². The number of methoxy groups -OCH3 is 1. The molecule has 0 bridgehead atoms. The van der Waals surface area contributed by atoms with Crippen molar-refractivity contribution in [3.05, 3.63) is 33.8 Å². The predicted octanol–water partition coefficient (Wildman–Crippen LogP) is 1.39. The fourth-order valence-electron chi connectivity index (χ4n) is 1.34. The van der Waals surface area contributed by atoms with Crippen LogP contribution in [0.5, 0.6) is 0 Å². The lowest BCUT2D eigenvalue weighted by atomic mass is 10.0. The van der Waals surface area contributed by atoms with E-state index in [0.717, 1.165) is 0 Å². The van der Waals surface area contributed by atoms with Gasteiger partial charge in [0.2, 0.25) is 0 Å². The Bertz CT molecular complexity index is 452. The van der Waals surface area contributed by atoms with E-state index in [0.29, 0.717) is 21.7 Å².